The van der Waals surface area contributed by atoms with Crippen molar-refractivity contribution in [3.63, 3.8) is 0 Å². The normalized spacial score (nSPS) is 21.9. The van der Waals surface area contributed by atoms with Crippen molar-refractivity contribution in [1.29, 1.82) is 0 Å². The van der Waals surface area contributed by atoms with Gasteiger partial charge in [0, 0.05) is 18.6 Å². The van der Waals surface area contributed by atoms with Crippen LogP contribution in [0.25, 0.3) is 6.08 Å². The second kappa shape index (κ2) is 8.82. The molecule has 1 aromatic heterocycles. The Morgan fingerprint density at radius 1 is 1.03 bits per heavy atom. The molecule has 2 amide bonds. The highest BCUT2D eigenvalue weighted by molar-refractivity contribution is 6.15. The zero-order chi connectivity index (χ0) is 23.5. The number of amides is 2. The van der Waals surface area contributed by atoms with Crippen LogP contribution in [0.3, 0.4) is 0 Å². The third kappa shape index (κ3) is 3.69. The first-order valence-corrected chi connectivity index (χ1v) is 10.8. The van der Waals surface area contributed by atoms with Crippen LogP contribution in [0, 0.1) is 0 Å². The molecule has 34 heavy (non-hydrogen) atoms. The number of pyridine rings is 1. The van der Waals surface area contributed by atoms with E-state index in [4.69, 9.17) is 9.47 Å². The van der Waals surface area contributed by atoms with Gasteiger partial charge in [0.2, 0.25) is 5.54 Å². The highest BCUT2D eigenvalue weighted by Crippen LogP contribution is 2.41. The summed E-state index contributed by atoms with van der Waals surface area (Å²) >= 11 is 0. The molecule has 0 bridgehead atoms. The van der Waals surface area contributed by atoms with E-state index in [2.05, 4.69) is 4.98 Å². The van der Waals surface area contributed by atoms with Crippen LogP contribution in [-0.4, -0.2) is 51.4 Å². The summed E-state index contributed by atoms with van der Waals surface area (Å²) in [7, 11) is 0. The van der Waals surface area contributed by atoms with Gasteiger partial charge >= 0.3 is 12.1 Å². The predicted octanol–water partition coefficient (Wildman–Crippen LogP) is 3.43. The summed E-state index contributed by atoms with van der Waals surface area (Å²) in [6, 6.07) is 20.7. The highest BCUT2D eigenvalue weighted by Gasteiger charge is 2.67. The van der Waals surface area contributed by atoms with Crippen LogP contribution in [0.2, 0.25) is 0 Å². The Hall–Kier alpha value is -4.46. The molecule has 0 aliphatic carbocycles. The summed E-state index contributed by atoms with van der Waals surface area (Å²) in [4.78, 5) is 46.6. The predicted molar refractivity (Wildman–Crippen MR) is 122 cm³/mol. The van der Waals surface area contributed by atoms with E-state index in [1.807, 2.05) is 36.4 Å². The molecule has 3 aromatic rings. The Bertz CT molecular complexity index is 1230. The molecule has 0 saturated carbocycles. The van der Waals surface area contributed by atoms with Gasteiger partial charge in [0.1, 0.15) is 12.4 Å². The molecular formula is C26H21N3O5. The van der Waals surface area contributed by atoms with Gasteiger partial charge in [-0.15, -0.1) is 0 Å². The van der Waals surface area contributed by atoms with Crippen molar-refractivity contribution in [2.24, 2.45) is 0 Å². The van der Waals surface area contributed by atoms with E-state index in [1.165, 1.54) is 9.80 Å². The summed E-state index contributed by atoms with van der Waals surface area (Å²) in [5.74, 6) is -1.10. The summed E-state index contributed by atoms with van der Waals surface area (Å²) in [5.41, 5.74) is -0.289. The van der Waals surface area contributed by atoms with Crippen molar-refractivity contribution in [1.82, 2.24) is 14.8 Å². The number of rotatable bonds is 6. The largest absolute Gasteiger partial charge is 0.447 e. The number of ether oxygens (including phenoxy) is 2. The summed E-state index contributed by atoms with van der Waals surface area (Å²) < 4.78 is 10.9. The average molecular weight is 455 g/mol. The van der Waals surface area contributed by atoms with Gasteiger partial charge in [-0.3, -0.25) is 14.7 Å². The zero-order valence-electron chi connectivity index (χ0n) is 18.1. The van der Waals surface area contributed by atoms with E-state index in [-0.39, 0.29) is 18.9 Å². The molecule has 8 heteroatoms. The van der Waals surface area contributed by atoms with Crippen molar-refractivity contribution in [2.75, 3.05) is 13.2 Å². The Morgan fingerprint density at radius 3 is 2.44 bits per heavy atom. The molecule has 2 fully saturated rings. The first-order valence-electron chi connectivity index (χ1n) is 10.8. The molecule has 0 spiro atoms. The topological polar surface area (TPSA) is 89.0 Å². The van der Waals surface area contributed by atoms with Crippen LogP contribution < -0.4 is 4.74 Å². The van der Waals surface area contributed by atoms with Crippen molar-refractivity contribution >= 4 is 24.0 Å². The van der Waals surface area contributed by atoms with Gasteiger partial charge in [0.05, 0.1) is 12.6 Å². The quantitative estimate of drug-likeness (QED) is 0.245. The van der Waals surface area contributed by atoms with Gasteiger partial charge in [0.25, 0.3) is 5.91 Å². The Kier molecular flexibility index (Phi) is 5.55. The molecule has 0 N–H and O–H groups in total. The van der Waals surface area contributed by atoms with Gasteiger partial charge in [-0.2, -0.15) is 0 Å². The van der Waals surface area contributed by atoms with E-state index < -0.39 is 29.6 Å². The number of carbonyl (C=O) groups is 3. The smallest absolute Gasteiger partial charge is 0.411 e. The number of hydrogen-bond acceptors (Lipinski definition) is 6. The minimum atomic E-state index is -1.84. The number of carbonyl (C=O) groups excluding carboxylic acids is 3. The highest BCUT2D eigenvalue weighted by atomic mass is 16.6. The van der Waals surface area contributed by atoms with Gasteiger partial charge in [-0.1, -0.05) is 54.6 Å². The van der Waals surface area contributed by atoms with Crippen molar-refractivity contribution in [3.05, 3.63) is 103 Å². The van der Waals surface area contributed by atoms with Crippen LogP contribution in [0.15, 0.2) is 91.4 Å². The lowest BCUT2D eigenvalue weighted by atomic mass is 9.84. The maximum atomic E-state index is 13.6. The van der Waals surface area contributed by atoms with Gasteiger partial charge in [-0.25, -0.2) is 9.59 Å². The van der Waals surface area contributed by atoms with E-state index in [0.29, 0.717) is 0 Å². The Morgan fingerprint density at radius 2 is 1.76 bits per heavy atom. The molecule has 3 heterocycles. The first kappa shape index (κ1) is 21.4. The molecule has 8 nitrogen and oxygen atoms in total. The summed E-state index contributed by atoms with van der Waals surface area (Å²) in [6.45, 7) is -0.0330. The summed E-state index contributed by atoms with van der Waals surface area (Å²) in [6.07, 6.45) is 5.87. The second-order valence-corrected chi connectivity index (χ2v) is 7.97. The van der Waals surface area contributed by atoms with E-state index in [1.54, 1.807) is 61.1 Å². The average Bonchev–Trinajstić information content (AvgIpc) is 3.26. The molecule has 2 saturated heterocycles. The minimum absolute atomic E-state index is 0.0298. The lowest BCUT2D eigenvalue weighted by molar-refractivity contribution is -0.173. The van der Waals surface area contributed by atoms with Crippen LogP contribution in [0.5, 0.6) is 5.75 Å². The van der Waals surface area contributed by atoms with E-state index in [0.717, 1.165) is 11.1 Å². The summed E-state index contributed by atoms with van der Waals surface area (Å²) in [5, 5.41) is 0. The van der Waals surface area contributed by atoms with Gasteiger partial charge in [-0.05, 0) is 35.4 Å². The lowest BCUT2D eigenvalue weighted by Crippen LogP contribution is -2.77. The second-order valence-electron chi connectivity index (χ2n) is 7.97. The monoisotopic (exact) mass is 455 g/mol. The number of para-hydroxylation sites is 1. The molecule has 0 radical (unpaired) electrons. The molecule has 5 rings (SSSR count). The SMILES string of the molecule is O=C1OC[C@H](c2ccccc2)N1[C@]1(C(=O)Oc2ccccc2)CN(C=Cc2cccnc2)C1=O. The van der Waals surface area contributed by atoms with Crippen molar-refractivity contribution < 1.29 is 23.9 Å². The molecule has 2 aliphatic heterocycles. The van der Waals surface area contributed by atoms with Crippen LogP contribution >= 0.6 is 0 Å². The fraction of sp³-hybridized carbons (Fsp3) is 0.154. The number of esters is 1. The van der Waals surface area contributed by atoms with Gasteiger partial charge in [0.15, 0.2) is 0 Å². The minimum Gasteiger partial charge on any atom is -0.447 e. The number of cyclic esters (lactones) is 1. The third-order valence-electron chi connectivity index (χ3n) is 5.91. The maximum Gasteiger partial charge on any atom is 0.411 e. The number of nitrogens with zero attached hydrogens (tertiary/aromatic N) is 3. The molecule has 2 aromatic carbocycles. The molecular weight excluding hydrogens is 434 g/mol. The Balaban J connectivity index is 1.49. The molecule has 2 atom stereocenters. The van der Waals surface area contributed by atoms with Crippen molar-refractivity contribution in [2.45, 2.75) is 11.6 Å². The van der Waals surface area contributed by atoms with E-state index in [9.17, 15) is 14.4 Å². The number of likely N-dealkylation sites (tertiary alicyclic amines) is 1. The number of hydrogen-bond donors (Lipinski definition) is 0. The maximum absolute atomic E-state index is 13.6. The molecule has 2 aliphatic rings. The molecule has 170 valence electrons. The number of aromatic nitrogens is 1. The van der Waals surface area contributed by atoms with Gasteiger partial charge < -0.3 is 14.4 Å². The standard InChI is InChI=1S/C26H21N3O5/c30-23-26(24(31)34-21-11-5-2-6-12-21,18-28(23)15-13-19-8-7-14-27-16-19)29-22(17-33-25(29)32)20-9-3-1-4-10-20/h1-16,22H,17-18H2/t22-,26-/m1/s1. The van der Waals surface area contributed by atoms with Crippen LogP contribution in [0.4, 0.5) is 4.79 Å². The molecule has 0 unspecified atom stereocenters. The van der Waals surface area contributed by atoms with Crippen molar-refractivity contribution in [3.8, 4) is 5.75 Å². The first-order chi connectivity index (χ1) is 16.6. The fourth-order valence-corrected chi connectivity index (χ4v) is 4.18. The van der Waals surface area contributed by atoms with E-state index >= 15 is 0 Å². The fourth-order valence-electron chi connectivity index (χ4n) is 4.18. The lowest BCUT2D eigenvalue weighted by Gasteiger charge is -2.50. The van der Waals surface area contributed by atoms with Crippen LogP contribution in [0.1, 0.15) is 17.2 Å². The third-order valence-corrected chi connectivity index (χ3v) is 5.91. The zero-order valence-corrected chi connectivity index (χ0v) is 18.1. The number of β-lactam (4-membered cyclic amide) rings is 1. The van der Waals surface area contributed by atoms with Crippen LogP contribution in [-0.2, 0) is 14.3 Å². The number of benzene rings is 2. The Labute approximate surface area is 196 Å².